The first-order valence-electron chi connectivity index (χ1n) is 16.1. The maximum atomic E-state index is 13.7. The summed E-state index contributed by atoms with van der Waals surface area (Å²) >= 11 is 0. The van der Waals surface area contributed by atoms with Crippen LogP contribution in [0.3, 0.4) is 0 Å². The van der Waals surface area contributed by atoms with E-state index in [1.165, 1.54) is 19.3 Å². The van der Waals surface area contributed by atoms with Crippen LogP contribution in [-0.2, 0) is 29.0 Å². The first-order chi connectivity index (χ1) is 21.5. The highest BCUT2D eigenvalue weighted by molar-refractivity contribution is 5.90. The number of benzene rings is 2. The Labute approximate surface area is 263 Å². The molecule has 2 unspecified atom stereocenters. The third-order valence-electron chi connectivity index (χ3n) is 8.04. The molecule has 1 aliphatic rings. The predicted octanol–water partition coefficient (Wildman–Crippen LogP) is 4.54. The molecule has 1 aromatic heterocycles. The van der Waals surface area contributed by atoms with Crippen LogP contribution < -0.4 is 20.7 Å². The molecule has 0 radical (unpaired) electrons. The van der Waals surface area contributed by atoms with Crippen LogP contribution in [0.25, 0.3) is 0 Å². The standard InChI is InChI=1S/C36H49N5O3/c1-28(2)15-20-38-33(25-30-16-18-37-19-17-30)36(43)40-34(35(42)39-21-24-41-22-7-4-8-23-41)26-29-11-13-32(14-12-29)44-27-31-9-5-3-6-10-31/h3,5-6,9-14,16-19,28,33-34,38H,4,7-8,15,20-27H2,1-2H3,(H,39,42)(H,40,43). The number of hydrogen-bond acceptors (Lipinski definition) is 6. The summed E-state index contributed by atoms with van der Waals surface area (Å²) in [7, 11) is 0. The zero-order valence-corrected chi connectivity index (χ0v) is 26.3. The largest absolute Gasteiger partial charge is 0.489 e. The van der Waals surface area contributed by atoms with E-state index in [4.69, 9.17) is 4.74 Å². The Kier molecular flexibility index (Phi) is 13.7. The monoisotopic (exact) mass is 599 g/mol. The van der Waals surface area contributed by atoms with E-state index in [1.807, 2.05) is 66.7 Å². The van der Waals surface area contributed by atoms with Crippen molar-refractivity contribution in [3.8, 4) is 5.75 Å². The summed E-state index contributed by atoms with van der Waals surface area (Å²) in [6.07, 6.45) is 9.03. The van der Waals surface area contributed by atoms with Crippen LogP contribution in [0.2, 0.25) is 0 Å². The quantitative estimate of drug-likeness (QED) is 0.211. The molecule has 2 aromatic carbocycles. The van der Waals surface area contributed by atoms with Crippen molar-refractivity contribution in [2.24, 2.45) is 5.92 Å². The van der Waals surface area contributed by atoms with Crippen LogP contribution in [0, 0.1) is 5.92 Å². The molecule has 1 fully saturated rings. The Bertz CT molecular complexity index is 1250. The molecule has 8 heteroatoms. The van der Waals surface area contributed by atoms with Crippen LogP contribution in [-0.4, -0.2) is 66.5 Å². The van der Waals surface area contributed by atoms with Crippen molar-refractivity contribution in [3.63, 3.8) is 0 Å². The lowest BCUT2D eigenvalue weighted by Gasteiger charge is -2.27. The molecular weight excluding hydrogens is 550 g/mol. The normalized spacial score (nSPS) is 15.0. The minimum absolute atomic E-state index is 0.162. The number of pyridine rings is 1. The van der Waals surface area contributed by atoms with Crippen molar-refractivity contribution >= 4 is 11.8 Å². The lowest BCUT2D eigenvalue weighted by Crippen LogP contribution is -2.55. The van der Waals surface area contributed by atoms with Crippen LogP contribution in [0.1, 0.15) is 56.2 Å². The summed E-state index contributed by atoms with van der Waals surface area (Å²) in [5.74, 6) is 0.940. The highest BCUT2D eigenvalue weighted by Crippen LogP contribution is 2.16. The van der Waals surface area contributed by atoms with E-state index in [0.717, 1.165) is 55.0 Å². The first-order valence-corrected chi connectivity index (χ1v) is 16.1. The summed E-state index contributed by atoms with van der Waals surface area (Å²) in [6, 6.07) is 20.5. The van der Waals surface area contributed by atoms with E-state index in [0.29, 0.717) is 31.9 Å². The molecule has 3 aromatic rings. The van der Waals surface area contributed by atoms with Gasteiger partial charge in [0.1, 0.15) is 18.4 Å². The van der Waals surface area contributed by atoms with Crippen molar-refractivity contribution < 1.29 is 14.3 Å². The Morgan fingerprint density at radius 1 is 0.795 bits per heavy atom. The number of hydrogen-bond donors (Lipinski definition) is 3. The van der Waals surface area contributed by atoms with E-state index in [2.05, 4.69) is 39.7 Å². The second-order valence-corrected chi connectivity index (χ2v) is 12.1. The number of nitrogens with zero attached hydrogens (tertiary/aromatic N) is 2. The molecule has 2 atom stereocenters. The van der Waals surface area contributed by atoms with Crippen LogP contribution >= 0.6 is 0 Å². The highest BCUT2D eigenvalue weighted by atomic mass is 16.5. The molecule has 8 nitrogen and oxygen atoms in total. The topological polar surface area (TPSA) is 95.6 Å². The van der Waals surface area contributed by atoms with Gasteiger partial charge in [-0.25, -0.2) is 0 Å². The Morgan fingerprint density at radius 3 is 2.18 bits per heavy atom. The van der Waals surface area contributed by atoms with Crippen molar-refractivity contribution in [2.75, 3.05) is 32.7 Å². The molecule has 3 N–H and O–H groups in total. The maximum Gasteiger partial charge on any atom is 0.242 e. The van der Waals surface area contributed by atoms with Gasteiger partial charge in [-0.05, 0) is 92.2 Å². The van der Waals surface area contributed by atoms with Crippen LogP contribution in [0.4, 0.5) is 0 Å². The molecule has 0 saturated carbocycles. The number of piperidine rings is 1. The minimum atomic E-state index is -0.702. The van der Waals surface area contributed by atoms with Gasteiger partial charge in [-0.15, -0.1) is 0 Å². The zero-order valence-electron chi connectivity index (χ0n) is 26.3. The van der Waals surface area contributed by atoms with Gasteiger partial charge in [0, 0.05) is 31.9 Å². The number of likely N-dealkylation sites (tertiary alicyclic amines) is 1. The molecule has 2 amide bonds. The van der Waals surface area contributed by atoms with E-state index in [-0.39, 0.29) is 11.8 Å². The van der Waals surface area contributed by atoms with E-state index in [9.17, 15) is 9.59 Å². The smallest absolute Gasteiger partial charge is 0.242 e. The lowest BCUT2D eigenvalue weighted by molar-refractivity contribution is -0.130. The predicted molar refractivity (Wildman–Crippen MR) is 175 cm³/mol. The van der Waals surface area contributed by atoms with Gasteiger partial charge in [-0.1, -0.05) is 62.7 Å². The van der Waals surface area contributed by atoms with Crippen molar-refractivity contribution in [1.29, 1.82) is 0 Å². The molecular formula is C36H49N5O3. The lowest BCUT2D eigenvalue weighted by atomic mass is 10.0. The molecule has 2 heterocycles. The van der Waals surface area contributed by atoms with Crippen LogP contribution in [0.5, 0.6) is 5.75 Å². The molecule has 0 aliphatic carbocycles. The van der Waals surface area contributed by atoms with Gasteiger partial charge in [0.05, 0.1) is 6.04 Å². The number of amides is 2. The summed E-state index contributed by atoms with van der Waals surface area (Å²) in [5.41, 5.74) is 3.07. The third kappa shape index (κ3) is 11.7. The third-order valence-corrected chi connectivity index (χ3v) is 8.04. The van der Waals surface area contributed by atoms with Gasteiger partial charge in [0.2, 0.25) is 11.8 Å². The molecule has 1 saturated heterocycles. The van der Waals surface area contributed by atoms with Gasteiger partial charge >= 0.3 is 0 Å². The molecule has 236 valence electrons. The molecule has 0 bridgehead atoms. The van der Waals surface area contributed by atoms with Gasteiger partial charge in [-0.2, -0.15) is 0 Å². The Morgan fingerprint density at radius 2 is 1.48 bits per heavy atom. The summed E-state index contributed by atoms with van der Waals surface area (Å²) in [4.78, 5) is 33.8. The maximum absolute atomic E-state index is 13.7. The summed E-state index contributed by atoms with van der Waals surface area (Å²) in [6.45, 7) is 9.08. The van der Waals surface area contributed by atoms with Crippen molar-refractivity contribution in [1.82, 2.24) is 25.8 Å². The second kappa shape index (κ2) is 18.1. The number of carbonyl (C=O) groups excluding carboxylic acids is 2. The Balaban J connectivity index is 1.41. The SMILES string of the molecule is CC(C)CCNC(Cc1ccncc1)C(=O)NC(Cc1ccc(OCc2ccccc2)cc1)C(=O)NCCN1CCCCC1. The van der Waals surface area contributed by atoms with Gasteiger partial charge < -0.3 is 25.6 Å². The number of carbonyl (C=O) groups is 2. The number of nitrogens with one attached hydrogen (secondary N) is 3. The van der Waals surface area contributed by atoms with Gasteiger partial charge in [0.25, 0.3) is 0 Å². The van der Waals surface area contributed by atoms with E-state index < -0.39 is 12.1 Å². The fraction of sp³-hybridized carbons (Fsp3) is 0.472. The van der Waals surface area contributed by atoms with E-state index in [1.54, 1.807) is 12.4 Å². The molecule has 0 spiro atoms. The van der Waals surface area contributed by atoms with Crippen LogP contribution in [0.15, 0.2) is 79.1 Å². The average Bonchev–Trinajstić information content (AvgIpc) is 3.05. The Hall–Kier alpha value is -3.75. The number of aromatic nitrogens is 1. The number of ether oxygens (including phenoxy) is 1. The first kappa shape index (κ1) is 33.1. The zero-order chi connectivity index (χ0) is 31.0. The average molecular weight is 600 g/mol. The summed E-state index contributed by atoms with van der Waals surface area (Å²) in [5, 5.41) is 9.64. The summed E-state index contributed by atoms with van der Waals surface area (Å²) < 4.78 is 5.95. The second-order valence-electron chi connectivity index (χ2n) is 12.1. The van der Waals surface area contributed by atoms with Crippen molar-refractivity contribution in [2.45, 2.75) is 71.1 Å². The fourth-order valence-electron chi connectivity index (χ4n) is 5.38. The molecule has 44 heavy (non-hydrogen) atoms. The number of rotatable bonds is 17. The van der Waals surface area contributed by atoms with Crippen molar-refractivity contribution in [3.05, 3.63) is 95.8 Å². The molecule has 4 rings (SSSR count). The van der Waals surface area contributed by atoms with Gasteiger partial charge in [-0.3, -0.25) is 14.6 Å². The molecule has 1 aliphatic heterocycles. The fourth-order valence-corrected chi connectivity index (χ4v) is 5.38. The van der Waals surface area contributed by atoms with E-state index >= 15 is 0 Å². The highest BCUT2D eigenvalue weighted by Gasteiger charge is 2.26. The van der Waals surface area contributed by atoms with Gasteiger partial charge in [0.15, 0.2) is 0 Å². The minimum Gasteiger partial charge on any atom is -0.489 e.